The van der Waals surface area contributed by atoms with Crippen molar-refractivity contribution in [3.63, 3.8) is 0 Å². The van der Waals surface area contributed by atoms with Gasteiger partial charge in [-0.3, -0.25) is 4.79 Å². The van der Waals surface area contributed by atoms with Crippen molar-refractivity contribution >= 4 is 32.8 Å². The first-order valence-corrected chi connectivity index (χ1v) is 11.8. The fourth-order valence-corrected chi connectivity index (χ4v) is 4.11. The molecule has 0 unspecified atom stereocenters. The molecule has 33 heavy (non-hydrogen) atoms. The maximum atomic E-state index is 12.2. The Morgan fingerprint density at radius 1 is 0.818 bits per heavy atom. The summed E-state index contributed by atoms with van der Waals surface area (Å²) in [4.78, 5) is 46.6. The van der Waals surface area contributed by atoms with E-state index in [-0.39, 0.29) is 26.4 Å². The largest absolute Gasteiger partial charge is 0.500 e. The van der Waals surface area contributed by atoms with Gasteiger partial charge in [-0.2, -0.15) is 0 Å². The third-order valence-corrected chi connectivity index (χ3v) is 7.16. The van der Waals surface area contributed by atoms with E-state index in [0.717, 1.165) is 12.2 Å². The minimum atomic E-state index is -2.76. The zero-order valence-corrected chi connectivity index (χ0v) is 20.5. The summed E-state index contributed by atoms with van der Waals surface area (Å²) in [6.07, 6.45) is 1.57. The minimum absolute atomic E-state index is 0.234. The monoisotopic (exact) mass is 491 g/mol. The predicted octanol–water partition coefficient (Wildman–Crippen LogP) is 0.989. The third-order valence-electron chi connectivity index (χ3n) is 4.33. The summed E-state index contributed by atoms with van der Waals surface area (Å²) in [6.45, 7) is 6.49. The van der Waals surface area contributed by atoms with Gasteiger partial charge in [-0.15, -0.1) is 0 Å². The van der Waals surface area contributed by atoms with E-state index in [1.807, 2.05) is 0 Å². The van der Waals surface area contributed by atoms with Crippen LogP contribution in [0, 0.1) is 5.41 Å². The Morgan fingerprint density at radius 2 is 1.27 bits per heavy atom. The molecule has 0 saturated carbocycles. The van der Waals surface area contributed by atoms with Crippen LogP contribution in [0.5, 0.6) is 0 Å². The summed E-state index contributed by atoms with van der Waals surface area (Å²) in [7, 11) is 1.70. The molecule has 0 aromatic heterocycles. The highest BCUT2D eigenvalue weighted by Gasteiger charge is 2.38. The number of alkyl carbamates (subject to hydrolysis) is 1. The highest BCUT2D eigenvalue weighted by molar-refractivity contribution is 6.60. The van der Waals surface area contributed by atoms with Crippen molar-refractivity contribution in [3.8, 4) is 0 Å². The van der Waals surface area contributed by atoms with Crippen LogP contribution in [0.1, 0.15) is 13.3 Å². The molecule has 1 N–H and O–H groups in total. The summed E-state index contributed by atoms with van der Waals surface area (Å²) in [5.41, 5.74) is -1.36. The summed E-state index contributed by atoms with van der Waals surface area (Å²) in [5.74, 6) is -2.15. The van der Waals surface area contributed by atoms with E-state index >= 15 is 0 Å². The first-order valence-electron chi connectivity index (χ1n) is 9.89. The Bertz CT molecular complexity index is 647. The molecule has 13 heteroatoms. The number of amides is 1. The first kappa shape index (κ1) is 30.3. The lowest BCUT2D eigenvalue weighted by Gasteiger charge is -2.31. The van der Waals surface area contributed by atoms with E-state index in [1.165, 1.54) is 28.3 Å². The van der Waals surface area contributed by atoms with E-state index in [0.29, 0.717) is 12.5 Å². The zero-order chi connectivity index (χ0) is 25.3. The molecule has 0 rings (SSSR count). The molecular weight excluding hydrogens is 458 g/mol. The quantitative estimate of drug-likeness (QED) is 0.102. The molecule has 0 heterocycles. The summed E-state index contributed by atoms with van der Waals surface area (Å²) < 4.78 is 36.3. The first-order chi connectivity index (χ1) is 15.6. The van der Waals surface area contributed by atoms with Crippen LogP contribution >= 0.6 is 0 Å². The molecule has 0 aliphatic carbocycles. The Kier molecular flexibility index (Phi) is 14.6. The van der Waals surface area contributed by atoms with E-state index in [9.17, 15) is 19.2 Å². The Morgan fingerprint density at radius 3 is 1.70 bits per heavy atom. The van der Waals surface area contributed by atoms with Gasteiger partial charge in [-0.05, 0) is 6.42 Å². The topological polar surface area (TPSA) is 145 Å². The molecule has 0 aliphatic heterocycles. The Balaban J connectivity index is 5.10. The van der Waals surface area contributed by atoms with E-state index in [2.05, 4.69) is 18.5 Å². The minimum Gasteiger partial charge on any atom is -0.465 e. The van der Waals surface area contributed by atoms with Crippen LogP contribution in [0.25, 0.3) is 0 Å². The van der Waals surface area contributed by atoms with Crippen molar-refractivity contribution < 1.29 is 51.4 Å². The van der Waals surface area contributed by atoms with E-state index in [1.54, 1.807) is 0 Å². The molecule has 12 nitrogen and oxygen atoms in total. The maximum absolute atomic E-state index is 12.2. The van der Waals surface area contributed by atoms with Gasteiger partial charge in [0.2, 0.25) is 0 Å². The number of rotatable bonds is 17. The molecule has 0 bridgehead atoms. The molecule has 0 aromatic rings. The molecule has 0 saturated heterocycles. The second kappa shape index (κ2) is 16.0. The number of esters is 3. The highest BCUT2D eigenvalue weighted by Crippen LogP contribution is 2.21. The Hall–Kier alpha value is -2.74. The summed E-state index contributed by atoms with van der Waals surface area (Å²) >= 11 is 0. The van der Waals surface area contributed by atoms with Crippen LogP contribution in [-0.2, 0) is 46.6 Å². The second-order valence-electron chi connectivity index (χ2n) is 6.81. The van der Waals surface area contributed by atoms with Crippen molar-refractivity contribution in [2.75, 3.05) is 54.3 Å². The zero-order valence-electron chi connectivity index (χ0n) is 19.5. The number of ether oxygens (including phenoxy) is 4. The van der Waals surface area contributed by atoms with Crippen LogP contribution in [0.4, 0.5) is 4.79 Å². The normalized spacial score (nSPS) is 11.2. The van der Waals surface area contributed by atoms with Crippen molar-refractivity contribution in [3.05, 3.63) is 25.3 Å². The predicted molar refractivity (Wildman–Crippen MR) is 117 cm³/mol. The van der Waals surface area contributed by atoms with Gasteiger partial charge in [-0.1, -0.05) is 13.2 Å². The number of nitrogens with one attached hydrogen (secondary N) is 1. The molecule has 0 fully saturated rings. The lowest BCUT2D eigenvalue weighted by Crippen LogP contribution is -2.45. The van der Waals surface area contributed by atoms with Crippen molar-refractivity contribution in [1.82, 2.24) is 5.32 Å². The van der Waals surface area contributed by atoms with Gasteiger partial charge < -0.3 is 37.5 Å². The third kappa shape index (κ3) is 12.2. The molecule has 0 radical (unpaired) electrons. The van der Waals surface area contributed by atoms with Gasteiger partial charge in [0.15, 0.2) is 0 Å². The van der Waals surface area contributed by atoms with E-state index < -0.39 is 44.8 Å². The average Bonchev–Trinajstić information content (AvgIpc) is 2.83. The number of carbonyl (C=O) groups is 4. The molecule has 1 amide bonds. The lowest BCUT2D eigenvalue weighted by atomic mass is 9.92. The standard InChI is InChI=1S/C20H33NO11Si/c1-7-17(23)30-13-20(12-29-16(3)22,14-31-18(24)8-2)15-32-19(25)21-10-9-11-33(26-4,27-5)28-6/h7-8H,1-2,9-15H2,3-6H3,(H,21,25). The SMILES string of the molecule is C=CC(=O)OCC(COC(C)=O)(COC(=O)C=C)COC(=O)NCCC[Si](OC)(OC)OC. The van der Waals surface area contributed by atoms with Crippen LogP contribution in [0.15, 0.2) is 25.3 Å². The summed E-state index contributed by atoms with van der Waals surface area (Å²) in [5, 5.41) is 2.56. The summed E-state index contributed by atoms with van der Waals surface area (Å²) in [6, 6.07) is 0.460. The number of hydrogen-bond acceptors (Lipinski definition) is 11. The van der Waals surface area contributed by atoms with Crippen LogP contribution in [-0.4, -0.2) is 87.1 Å². The highest BCUT2D eigenvalue weighted by atomic mass is 28.4. The van der Waals surface area contributed by atoms with Crippen molar-refractivity contribution in [2.24, 2.45) is 5.41 Å². The van der Waals surface area contributed by atoms with Gasteiger partial charge in [-0.25, -0.2) is 14.4 Å². The van der Waals surface area contributed by atoms with Gasteiger partial charge in [0, 0.05) is 53.0 Å². The molecule has 0 aliphatic rings. The van der Waals surface area contributed by atoms with Gasteiger partial charge in [0.1, 0.15) is 31.8 Å². The van der Waals surface area contributed by atoms with Crippen molar-refractivity contribution in [2.45, 2.75) is 19.4 Å². The second-order valence-corrected chi connectivity index (χ2v) is 9.90. The molecule has 188 valence electrons. The fraction of sp³-hybridized carbons (Fsp3) is 0.600. The number of hydrogen-bond donors (Lipinski definition) is 1. The van der Waals surface area contributed by atoms with Crippen LogP contribution in [0.2, 0.25) is 6.04 Å². The van der Waals surface area contributed by atoms with Crippen LogP contribution < -0.4 is 5.32 Å². The van der Waals surface area contributed by atoms with Crippen LogP contribution in [0.3, 0.4) is 0 Å². The molecular formula is C20H33NO11Si. The lowest BCUT2D eigenvalue weighted by molar-refractivity contribution is -0.160. The molecule has 0 atom stereocenters. The Labute approximate surface area is 194 Å². The smallest absolute Gasteiger partial charge is 0.465 e. The van der Waals surface area contributed by atoms with E-state index in [4.69, 9.17) is 32.2 Å². The number of carbonyl (C=O) groups excluding carboxylic acids is 4. The molecule has 0 aromatic carbocycles. The average molecular weight is 492 g/mol. The fourth-order valence-electron chi connectivity index (χ4n) is 2.39. The molecule has 0 spiro atoms. The van der Waals surface area contributed by atoms with Crippen molar-refractivity contribution in [1.29, 1.82) is 0 Å². The van der Waals surface area contributed by atoms with Gasteiger partial charge >= 0.3 is 32.8 Å². The van der Waals surface area contributed by atoms with Gasteiger partial charge in [0.05, 0.1) is 0 Å². The van der Waals surface area contributed by atoms with Gasteiger partial charge in [0.25, 0.3) is 0 Å². The maximum Gasteiger partial charge on any atom is 0.500 e.